The van der Waals surface area contributed by atoms with Crippen LogP contribution >= 0.6 is 0 Å². The van der Waals surface area contributed by atoms with Gasteiger partial charge in [-0.2, -0.15) is 0 Å². The van der Waals surface area contributed by atoms with Gasteiger partial charge in [-0.15, -0.1) is 0 Å². The van der Waals surface area contributed by atoms with Crippen molar-refractivity contribution in [3.8, 4) is 0 Å². The van der Waals surface area contributed by atoms with Gasteiger partial charge in [0.2, 0.25) is 0 Å². The van der Waals surface area contributed by atoms with Crippen molar-refractivity contribution in [1.29, 1.82) is 0 Å². The maximum atomic E-state index is 3.33. The molecule has 0 saturated heterocycles. The number of fused-ring (bicyclic) bond motifs is 2. The average Bonchev–Trinajstić information content (AvgIpc) is 2.73. The number of nitrogens with one attached hydrogen (secondary N) is 1. The van der Waals surface area contributed by atoms with Crippen LogP contribution < -0.4 is 10.2 Å². The van der Waals surface area contributed by atoms with Crippen LogP contribution in [0.4, 0.5) is 11.4 Å². The molecule has 0 radical (unpaired) electrons. The molecule has 0 aliphatic carbocycles. The molecule has 2 nitrogen and oxygen atoms in total. The Kier molecular flexibility index (Phi) is 3.42. The Morgan fingerprint density at radius 1 is 1.05 bits per heavy atom. The number of para-hydroxylation sites is 2. The van der Waals surface area contributed by atoms with E-state index in [1.54, 1.807) is 0 Å². The summed E-state index contributed by atoms with van der Waals surface area (Å²) in [5.74, 6) is 0.592. The summed E-state index contributed by atoms with van der Waals surface area (Å²) in [5, 5.41) is 3.33. The van der Waals surface area contributed by atoms with Gasteiger partial charge >= 0.3 is 0 Å². The summed E-state index contributed by atoms with van der Waals surface area (Å²) in [5.41, 5.74) is 7.48. The zero-order valence-electron chi connectivity index (χ0n) is 13.5. The predicted octanol–water partition coefficient (Wildman–Crippen LogP) is 4.02. The number of hydrogen-bond acceptors (Lipinski definition) is 2. The van der Waals surface area contributed by atoms with Crippen LogP contribution in [-0.4, -0.2) is 19.6 Å². The molecule has 2 aliphatic rings. The van der Waals surface area contributed by atoms with Gasteiger partial charge in [-0.3, -0.25) is 0 Å². The number of hydrogen-bond donors (Lipinski definition) is 1. The maximum Gasteiger partial charge on any atom is 0.0482 e. The van der Waals surface area contributed by atoms with Crippen molar-refractivity contribution >= 4 is 11.4 Å². The molecule has 0 amide bonds. The average molecular weight is 292 g/mol. The van der Waals surface area contributed by atoms with Crippen molar-refractivity contribution in [2.45, 2.75) is 38.1 Å². The lowest BCUT2D eigenvalue weighted by molar-refractivity contribution is 0.535. The summed E-state index contributed by atoms with van der Waals surface area (Å²) in [6.07, 6.45) is 3.48. The largest absolute Gasteiger partial charge is 0.337 e. The van der Waals surface area contributed by atoms with E-state index in [4.69, 9.17) is 0 Å². The van der Waals surface area contributed by atoms with E-state index in [9.17, 15) is 0 Å². The first-order chi connectivity index (χ1) is 10.8. The van der Waals surface area contributed by atoms with Gasteiger partial charge in [0.05, 0.1) is 0 Å². The van der Waals surface area contributed by atoms with Gasteiger partial charge in [-0.1, -0.05) is 43.3 Å². The quantitative estimate of drug-likeness (QED) is 0.919. The fourth-order valence-electron chi connectivity index (χ4n) is 4.27. The van der Waals surface area contributed by atoms with Crippen LogP contribution in [0.2, 0.25) is 0 Å². The van der Waals surface area contributed by atoms with Gasteiger partial charge in [0.1, 0.15) is 0 Å². The molecule has 0 fully saturated rings. The molecule has 0 bridgehead atoms. The van der Waals surface area contributed by atoms with Crippen LogP contribution in [0.15, 0.2) is 42.5 Å². The lowest BCUT2D eigenvalue weighted by Gasteiger charge is -2.31. The lowest BCUT2D eigenvalue weighted by Crippen LogP contribution is -2.32. The smallest absolute Gasteiger partial charge is 0.0482 e. The molecule has 0 aromatic heterocycles. The predicted molar refractivity (Wildman–Crippen MR) is 93.2 cm³/mol. The van der Waals surface area contributed by atoms with Crippen LogP contribution in [0.5, 0.6) is 0 Å². The molecule has 2 aromatic carbocycles. The highest BCUT2D eigenvalue weighted by Gasteiger charge is 2.39. The Morgan fingerprint density at radius 2 is 1.82 bits per heavy atom. The Hall–Kier alpha value is -1.80. The summed E-state index contributed by atoms with van der Waals surface area (Å²) in [7, 11) is 2.05. The first kappa shape index (κ1) is 13.8. The van der Waals surface area contributed by atoms with Gasteiger partial charge in [0.15, 0.2) is 0 Å². The van der Waals surface area contributed by atoms with Crippen LogP contribution in [0.3, 0.4) is 0 Å². The minimum atomic E-state index is 0.558. The third kappa shape index (κ3) is 1.98. The summed E-state index contributed by atoms with van der Waals surface area (Å²) in [6.45, 7) is 3.46. The van der Waals surface area contributed by atoms with Gasteiger partial charge < -0.3 is 10.2 Å². The van der Waals surface area contributed by atoms with Crippen LogP contribution in [0.1, 0.15) is 36.0 Å². The molecule has 2 atom stereocenters. The number of anilines is 2. The van der Waals surface area contributed by atoms with E-state index >= 15 is 0 Å². The lowest BCUT2D eigenvalue weighted by atomic mass is 9.92. The SMILES string of the molecule is CNCC[C@H]1[C@H](C)c2cccc3c2N1c1ccccc1CC3. The highest BCUT2D eigenvalue weighted by molar-refractivity contribution is 5.78. The fourth-order valence-corrected chi connectivity index (χ4v) is 4.27. The second-order valence-corrected chi connectivity index (χ2v) is 6.60. The first-order valence-electron chi connectivity index (χ1n) is 8.45. The van der Waals surface area contributed by atoms with E-state index in [0.717, 1.165) is 19.4 Å². The van der Waals surface area contributed by atoms with Crippen molar-refractivity contribution in [2.75, 3.05) is 18.5 Å². The number of rotatable bonds is 3. The third-order valence-electron chi connectivity index (χ3n) is 5.40. The zero-order chi connectivity index (χ0) is 15.1. The van der Waals surface area contributed by atoms with Gasteiger partial charge in [-0.25, -0.2) is 0 Å². The molecule has 2 aliphatic heterocycles. The number of nitrogens with zero attached hydrogens (tertiary/aromatic N) is 1. The van der Waals surface area contributed by atoms with Gasteiger partial charge in [0, 0.05) is 23.3 Å². The van der Waals surface area contributed by atoms with E-state index in [1.165, 1.54) is 34.5 Å². The summed E-state index contributed by atoms with van der Waals surface area (Å²) in [4.78, 5) is 2.65. The molecule has 0 unspecified atom stereocenters. The highest BCUT2D eigenvalue weighted by Crippen LogP contribution is 2.50. The van der Waals surface area contributed by atoms with Crippen LogP contribution in [0, 0.1) is 0 Å². The van der Waals surface area contributed by atoms with E-state index in [1.807, 2.05) is 0 Å². The minimum Gasteiger partial charge on any atom is -0.337 e. The molecule has 22 heavy (non-hydrogen) atoms. The third-order valence-corrected chi connectivity index (χ3v) is 5.40. The summed E-state index contributed by atoms with van der Waals surface area (Å²) < 4.78 is 0. The Morgan fingerprint density at radius 3 is 2.68 bits per heavy atom. The van der Waals surface area contributed by atoms with Crippen molar-refractivity contribution < 1.29 is 0 Å². The van der Waals surface area contributed by atoms with Crippen LogP contribution in [0.25, 0.3) is 0 Å². The maximum absolute atomic E-state index is 3.33. The van der Waals surface area contributed by atoms with E-state index in [-0.39, 0.29) is 0 Å². The summed E-state index contributed by atoms with van der Waals surface area (Å²) >= 11 is 0. The normalized spacial score (nSPS) is 22.2. The molecular formula is C20H24N2. The molecular weight excluding hydrogens is 268 g/mol. The fraction of sp³-hybridized carbons (Fsp3) is 0.400. The monoisotopic (exact) mass is 292 g/mol. The summed E-state index contributed by atoms with van der Waals surface area (Å²) in [6, 6.07) is 16.4. The molecule has 2 heterocycles. The van der Waals surface area contributed by atoms with Gasteiger partial charge in [-0.05, 0) is 55.6 Å². The molecule has 0 saturated carbocycles. The van der Waals surface area contributed by atoms with Crippen molar-refractivity contribution in [3.63, 3.8) is 0 Å². The highest BCUT2D eigenvalue weighted by atomic mass is 15.2. The van der Waals surface area contributed by atoms with E-state index in [0.29, 0.717) is 12.0 Å². The van der Waals surface area contributed by atoms with E-state index < -0.39 is 0 Å². The van der Waals surface area contributed by atoms with Crippen molar-refractivity contribution in [3.05, 3.63) is 59.2 Å². The Bertz CT molecular complexity index is 692. The molecule has 0 spiro atoms. The molecule has 2 aromatic rings. The number of benzene rings is 2. The molecule has 4 rings (SSSR count). The van der Waals surface area contributed by atoms with Crippen molar-refractivity contribution in [2.24, 2.45) is 0 Å². The minimum absolute atomic E-state index is 0.558. The molecule has 1 N–H and O–H groups in total. The second-order valence-electron chi connectivity index (χ2n) is 6.60. The molecule has 114 valence electrons. The standard InChI is InChI=1S/C20H24N2/c1-14-17-8-5-7-16-11-10-15-6-3-4-9-19(15)22(20(16)17)18(14)12-13-21-2/h3-9,14,18,21H,10-13H2,1-2H3/t14-,18+/m1/s1. The number of aryl methyl sites for hydroxylation is 2. The zero-order valence-corrected chi connectivity index (χ0v) is 13.5. The topological polar surface area (TPSA) is 15.3 Å². The van der Waals surface area contributed by atoms with E-state index in [2.05, 4.69) is 66.7 Å². The Balaban J connectivity index is 1.89. The van der Waals surface area contributed by atoms with Crippen LogP contribution in [-0.2, 0) is 12.8 Å². The van der Waals surface area contributed by atoms with Crippen molar-refractivity contribution in [1.82, 2.24) is 5.32 Å². The Labute approximate surface area is 133 Å². The second kappa shape index (κ2) is 5.44. The molecule has 2 heteroatoms. The first-order valence-corrected chi connectivity index (χ1v) is 8.45. The van der Waals surface area contributed by atoms with Gasteiger partial charge in [0.25, 0.3) is 0 Å².